The van der Waals surface area contributed by atoms with Crippen molar-refractivity contribution in [2.45, 2.75) is 33.4 Å². The molecule has 0 saturated carbocycles. The Morgan fingerprint density at radius 1 is 1.50 bits per heavy atom. The maximum Gasteiger partial charge on any atom is 0.268 e. The van der Waals surface area contributed by atoms with Gasteiger partial charge >= 0.3 is 0 Å². The van der Waals surface area contributed by atoms with E-state index >= 15 is 0 Å². The maximum absolute atomic E-state index is 12.3. The number of pyridine rings is 1. The molecular weight excluding hydrogens is 318 g/mol. The summed E-state index contributed by atoms with van der Waals surface area (Å²) in [5.74, 6) is -0.0748. The standard InChI is InChI=1S/C15H18BrN3O/c1-3-7-19-10-12(16)8-14(19)15(20)18-9-13-11(2)5-4-6-17-13/h4-6,8,10H,3,7,9H2,1-2H3,(H,18,20). The summed E-state index contributed by atoms with van der Waals surface area (Å²) >= 11 is 3.42. The zero-order valence-corrected chi connectivity index (χ0v) is 13.3. The summed E-state index contributed by atoms with van der Waals surface area (Å²) in [5, 5.41) is 2.93. The molecule has 1 amide bonds. The Morgan fingerprint density at radius 2 is 2.30 bits per heavy atom. The quantitative estimate of drug-likeness (QED) is 0.911. The Bertz CT molecular complexity index is 607. The van der Waals surface area contributed by atoms with Crippen LogP contribution >= 0.6 is 15.9 Å². The highest BCUT2D eigenvalue weighted by atomic mass is 79.9. The SMILES string of the molecule is CCCn1cc(Br)cc1C(=O)NCc1ncccc1C. The van der Waals surface area contributed by atoms with Crippen molar-refractivity contribution in [1.29, 1.82) is 0 Å². The predicted octanol–water partition coefficient (Wildman–Crippen LogP) is 3.29. The smallest absolute Gasteiger partial charge is 0.268 e. The van der Waals surface area contributed by atoms with Crippen LogP contribution in [0.1, 0.15) is 35.1 Å². The van der Waals surface area contributed by atoms with Crippen LogP contribution in [0.25, 0.3) is 0 Å². The molecule has 106 valence electrons. The van der Waals surface area contributed by atoms with Crippen molar-refractivity contribution in [3.8, 4) is 0 Å². The van der Waals surface area contributed by atoms with Crippen LogP contribution in [-0.2, 0) is 13.1 Å². The fraction of sp³-hybridized carbons (Fsp3) is 0.333. The van der Waals surface area contributed by atoms with Crippen molar-refractivity contribution >= 4 is 21.8 Å². The number of aryl methyl sites for hydroxylation is 2. The van der Waals surface area contributed by atoms with Gasteiger partial charge < -0.3 is 9.88 Å². The van der Waals surface area contributed by atoms with Crippen molar-refractivity contribution in [3.63, 3.8) is 0 Å². The fourth-order valence-electron chi connectivity index (χ4n) is 2.05. The third kappa shape index (κ3) is 3.48. The van der Waals surface area contributed by atoms with Crippen LogP contribution in [0.4, 0.5) is 0 Å². The first-order chi connectivity index (χ1) is 9.61. The normalized spacial score (nSPS) is 10.6. The summed E-state index contributed by atoms with van der Waals surface area (Å²) in [7, 11) is 0. The monoisotopic (exact) mass is 335 g/mol. The number of nitrogens with zero attached hydrogens (tertiary/aromatic N) is 2. The van der Waals surface area contributed by atoms with Gasteiger partial charge in [-0.05, 0) is 47.0 Å². The first-order valence-electron chi connectivity index (χ1n) is 6.66. The summed E-state index contributed by atoms with van der Waals surface area (Å²) in [6.45, 7) is 5.36. The Balaban J connectivity index is 2.07. The van der Waals surface area contributed by atoms with Gasteiger partial charge in [0.25, 0.3) is 5.91 Å². The number of rotatable bonds is 5. The largest absolute Gasteiger partial charge is 0.345 e. The second kappa shape index (κ2) is 6.70. The van der Waals surface area contributed by atoms with Gasteiger partial charge in [-0.1, -0.05) is 13.0 Å². The Kier molecular flexibility index (Phi) is 4.95. The molecule has 0 aliphatic carbocycles. The second-order valence-corrected chi connectivity index (χ2v) is 5.60. The number of carbonyl (C=O) groups is 1. The van der Waals surface area contributed by atoms with Gasteiger partial charge in [-0.25, -0.2) is 0 Å². The van der Waals surface area contributed by atoms with E-state index in [1.165, 1.54) is 0 Å². The second-order valence-electron chi connectivity index (χ2n) is 4.69. The number of hydrogen-bond acceptors (Lipinski definition) is 2. The van der Waals surface area contributed by atoms with Crippen LogP contribution < -0.4 is 5.32 Å². The summed E-state index contributed by atoms with van der Waals surface area (Å²) in [4.78, 5) is 16.5. The summed E-state index contributed by atoms with van der Waals surface area (Å²) in [6.07, 6.45) is 4.66. The van der Waals surface area contributed by atoms with E-state index in [9.17, 15) is 4.79 Å². The van der Waals surface area contributed by atoms with Crippen LogP contribution in [0, 0.1) is 6.92 Å². The third-order valence-corrected chi connectivity index (χ3v) is 3.53. The van der Waals surface area contributed by atoms with Gasteiger partial charge in [0, 0.05) is 23.4 Å². The number of amides is 1. The first kappa shape index (κ1) is 14.8. The van der Waals surface area contributed by atoms with E-state index in [1.807, 2.05) is 35.9 Å². The van der Waals surface area contributed by atoms with E-state index in [0.29, 0.717) is 12.2 Å². The lowest BCUT2D eigenvalue weighted by atomic mass is 10.2. The van der Waals surface area contributed by atoms with Crippen molar-refractivity contribution in [2.24, 2.45) is 0 Å². The minimum Gasteiger partial charge on any atom is -0.345 e. The van der Waals surface area contributed by atoms with E-state index in [1.54, 1.807) is 6.20 Å². The molecule has 1 N–H and O–H groups in total. The molecule has 2 aromatic heterocycles. The average molecular weight is 336 g/mol. The molecule has 0 spiro atoms. The molecule has 0 aromatic carbocycles. The molecule has 0 aliphatic rings. The van der Waals surface area contributed by atoms with Gasteiger partial charge in [0.2, 0.25) is 0 Å². The number of nitrogens with one attached hydrogen (secondary N) is 1. The van der Waals surface area contributed by atoms with Crippen LogP contribution in [0.15, 0.2) is 35.1 Å². The molecule has 0 unspecified atom stereocenters. The molecule has 4 nitrogen and oxygen atoms in total. The highest BCUT2D eigenvalue weighted by Crippen LogP contribution is 2.15. The molecule has 0 atom stereocenters. The predicted molar refractivity (Wildman–Crippen MR) is 82.6 cm³/mol. The lowest BCUT2D eigenvalue weighted by molar-refractivity contribution is 0.0941. The van der Waals surface area contributed by atoms with E-state index in [-0.39, 0.29) is 5.91 Å². The molecule has 0 bridgehead atoms. The van der Waals surface area contributed by atoms with E-state index < -0.39 is 0 Å². The Labute approximate surface area is 127 Å². The van der Waals surface area contributed by atoms with Crippen molar-refractivity contribution < 1.29 is 4.79 Å². The van der Waals surface area contributed by atoms with Gasteiger partial charge in [0.15, 0.2) is 0 Å². The molecule has 2 aromatic rings. The number of aromatic nitrogens is 2. The third-order valence-electron chi connectivity index (χ3n) is 3.09. The number of halogens is 1. The first-order valence-corrected chi connectivity index (χ1v) is 7.45. The van der Waals surface area contributed by atoms with Crippen LogP contribution in [0.2, 0.25) is 0 Å². The van der Waals surface area contributed by atoms with Crippen LogP contribution in [0.3, 0.4) is 0 Å². The van der Waals surface area contributed by atoms with Gasteiger partial charge in [0.1, 0.15) is 5.69 Å². The lowest BCUT2D eigenvalue weighted by Gasteiger charge is -2.09. The molecular formula is C15H18BrN3O. The summed E-state index contributed by atoms with van der Waals surface area (Å²) < 4.78 is 2.88. The van der Waals surface area contributed by atoms with Crippen molar-refractivity contribution in [1.82, 2.24) is 14.9 Å². The molecule has 0 radical (unpaired) electrons. The lowest BCUT2D eigenvalue weighted by Crippen LogP contribution is -2.26. The topological polar surface area (TPSA) is 46.9 Å². The Hall–Kier alpha value is -1.62. The molecule has 0 fully saturated rings. The van der Waals surface area contributed by atoms with Gasteiger partial charge in [-0.3, -0.25) is 9.78 Å². The molecule has 0 saturated heterocycles. The van der Waals surface area contributed by atoms with Gasteiger partial charge in [-0.15, -0.1) is 0 Å². The number of carbonyl (C=O) groups excluding carboxylic acids is 1. The molecule has 2 rings (SSSR count). The minimum absolute atomic E-state index is 0.0748. The maximum atomic E-state index is 12.3. The fourth-order valence-corrected chi connectivity index (χ4v) is 2.51. The zero-order valence-electron chi connectivity index (χ0n) is 11.7. The zero-order chi connectivity index (χ0) is 14.5. The minimum atomic E-state index is -0.0748. The van der Waals surface area contributed by atoms with Gasteiger partial charge in [-0.2, -0.15) is 0 Å². The van der Waals surface area contributed by atoms with E-state index in [4.69, 9.17) is 0 Å². The average Bonchev–Trinajstić information content (AvgIpc) is 2.79. The van der Waals surface area contributed by atoms with Gasteiger partial charge in [0.05, 0.1) is 12.2 Å². The van der Waals surface area contributed by atoms with E-state index in [2.05, 4.69) is 33.2 Å². The Morgan fingerprint density at radius 3 is 3.00 bits per heavy atom. The number of hydrogen-bond donors (Lipinski definition) is 1. The molecule has 5 heteroatoms. The molecule has 20 heavy (non-hydrogen) atoms. The van der Waals surface area contributed by atoms with Crippen LogP contribution in [-0.4, -0.2) is 15.5 Å². The van der Waals surface area contributed by atoms with Crippen LogP contribution in [0.5, 0.6) is 0 Å². The van der Waals surface area contributed by atoms with Crippen molar-refractivity contribution in [3.05, 3.63) is 52.0 Å². The molecule has 0 aliphatic heterocycles. The van der Waals surface area contributed by atoms with Crippen molar-refractivity contribution in [2.75, 3.05) is 0 Å². The molecule has 2 heterocycles. The van der Waals surface area contributed by atoms with E-state index in [0.717, 1.165) is 28.7 Å². The summed E-state index contributed by atoms with van der Waals surface area (Å²) in [6, 6.07) is 5.73. The highest BCUT2D eigenvalue weighted by molar-refractivity contribution is 9.10. The summed E-state index contributed by atoms with van der Waals surface area (Å²) in [5.41, 5.74) is 2.65. The highest BCUT2D eigenvalue weighted by Gasteiger charge is 2.12.